The largest absolute Gasteiger partial charge is 0.389 e. The van der Waals surface area contributed by atoms with E-state index in [1.54, 1.807) is 0 Å². The smallest absolute Gasteiger partial charge is 0.161 e. The summed E-state index contributed by atoms with van der Waals surface area (Å²) in [5, 5.41) is 31.9. The number of carbonyl (C=O) groups is 1. The molecule has 0 bridgehead atoms. The highest BCUT2D eigenvalue weighted by molar-refractivity contribution is 5.86. The summed E-state index contributed by atoms with van der Waals surface area (Å²) in [5.74, 6) is 0.829. The molecule has 4 heteroatoms. The molecule has 4 rings (SSSR count). The molecule has 0 saturated heterocycles. The molecule has 0 amide bonds. The normalized spacial score (nSPS) is 54.3. The maximum Gasteiger partial charge on any atom is 0.161 e. The van der Waals surface area contributed by atoms with E-state index in [4.69, 9.17) is 0 Å². The Labute approximate surface area is 149 Å². The number of aliphatic hydroxyl groups is 3. The molecule has 138 valence electrons. The Balaban J connectivity index is 1.73. The maximum atomic E-state index is 12.2. The van der Waals surface area contributed by atoms with Gasteiger partial charge in [-0.1, -0.05) is 26.0 Å². The maximum absolute atomic E-state index is 12.2. The second-order valence-corrected chi connectivity index (χ2v) is 9.29. The van der Waals surface area contributed by atoms with Crippen molar-refractivity contribution < 1.29 is 20.1 Å². The van der Waals surface area contributed by atoms with Crippen LogP contribution in [0.15, 0.2) is 23.8 Å². The van der Waals surface area contributed by atoms with E-state index in [2.05, 4.69) is 19.9 Å². The molecule has 3 saturated carbocycles. The highest BCUT2D eigenvalue weighted by Crippen LogP contribution is 2.67. The molecule has 4 aliphatic carbocycles. The molecule has 0 aromatic carbocycles. The standard InChI is InChI=1S/C21H30O4/c1-12(22)21(25)9-6-16-14-11-18(24)17-10-13(23)4-7-19(17,2)15(14)5-8-20(16,21)3/h4,7,10,13-16,18,23-25H,5-6,8-9,11H2,1-3H3/t13-,14-,15+,16+,18+,19-,20+,21+/m1/s1. The van der Waals surface area contributed by atoms with Crippen molar-refractivity contribution in [3.8, 4) is 0 Å². The fourth-order valence-corrected chi connectivity index (χ4v) is 6.96. The number of Topliss-reactive ketones (excluding diaryl/α,β-unsaturated/α-hetero) is 1. The van der Waals surface area contributed by atoms with E-state index in [1.807, 2.05) is 12.2 Å². The predicted molar refractivity (Wildman–Crippen MR) is 94.6 cm³/mol. The lowest BCUT2D eigenvalue weighted by atomic mass is 9.46. The first-order valence-electron chi connectivity index (χ1n) is 9.64. The van der Waals surface area contributed by atoms with Gasteiger partial charge in [-0.2, -0.15) is 0 Å². The van der Waals surface area contributed by atoms with Crippen molar-refractivity contribution in [3.05, 3.63) is 23.8 Å². The molecule has 0 aromatic heterocycles. The highest BCUT2D eigenvalue weighted by Gasteiger charge is 2.66. The number of allylic oxidation sites excluding steroid dienone is 1. The summed E-state index contributed by atoms with van der Waals surface area (Å²) in [5.41, 5.74) is -0.898. The van der Waals surface area contributed by atoms with Crippen molar-refractivity contribution in [2.75, 3.05) is 0 Å². The zero-order chi connectivity index (χ0) is 18.2. The van der Waals surface area contributed by atoms with E-state index in [0.717, 1.165) is 24.8 Å². The summed E-state index contributed by atoms with van der Waals surface area (Å²) in [6.45, 7) is 5.78. The molecule has 0 radical (unpaired) electrons. The summed E-state index contributed by atoms with van der Waals surface area (Å²) in [7, 11) is 0. The average molecular weight is 346 g/mol. The van der Waals surface area contributed by atoms with Gasteiger partial charge in [-0.3, -0.25) is 4.79 Å². The van der Waals surface area contributed by atoms with Crippen LogP contribution in [0, 0.1) is 28.6 Å². The molecule has 0 aliphatic heterocycles. The Bertz CT molecular complexity index is 667. The van der Waals surface area contributed by atoms with Crippen LogP contribution in [0.1, 0.15) is 52.9 Å². The monoisotopic (exact) mass is 346 g/mol. The van der Waals surface area contributed by atoms with Gasteiger partial charge >= 0.3 is 0 Å². The topological polar surface area (TPSA) is 77.8 Å². The minimum absolute atomic E-state index is 0.111. The molecular formula is C21H30O4. The van der Waals surface area contributed by atoms with Crippen LogP contribution in [0.3, 0.4) is 0 Å². The van der Waals surface area contributed by atoms with Crippen molar-refractivity contribution in [1.29, 1.82) is 0 Å². The van der Waals surface area contributed by atoms with Gasteiger partial charge in [0.15, 0.2) is 5.78 Å². The van der Waals surface area contributed by atoms with E-state index in [0.29, 0.717) is 24.7 Å². The van der Waals surface area contributed by atoms with Crippen LogP contribution in [0.25, 0.3) is 0 Å². The first kappa shape index (κ1) is 17.4. The molecular weight excluding hydrogens is 316 g/mol. The second-order valence-electron chi connectivity index (χ2n) is 9.29. The van der Waals surface area contributed by atoms with Crippen LogP contribution >= 0.6 is 0 Å². The van der Waals surface area contributed by atoms with Crippen molar-refractivity contribution >= 4 is 5.78 Å². The number of aliphatic hydroxyl groups excluding tert-OH is 2. The van der Waals surface area contributed by atoms with Crippen LogP contribution in [-0.2, 0) is 4.79 Å². The second kappa shape index (κ2) is 5.28. The molecule has 8 atom stereocenters. The fraction of sp³-hybridized carbons (Fsp3) is 0.762. The summed E-state index contributed by atoms with van der Waals surface area (Å²) < 4.78 is 0. The first-order chi connectivity index (χ1) is 11.6. The summed E-state index contributed by atoms with van der Waals surface area (Å²) >= 11 is 0. The molecule has 3 N–H and O–H groups in total. The van der Waals surface area contributed by atoms with E-state index in [-0.39, 0.29) is 17.1 Å². The van der Waals surface area contributed by atoms with Gasteiger partial charge in [-0.25, -0.2) is 0 Å². The van der Waals surface area contributed by atoms with Crippen LogP contribution in [0.5, 0.6) is 0 Å². The Morgan fingerprint density at radius 2 is 1.84 bits per heavy atom. The molecule has 0 spiro atoms. The number of ketones is 1. The molecule has 4 aliphatic rings. The lowest BCUT2D eigenvalue weighted by molar-refractivity contribution is -0.160. The molecule has 0 aromatic rings. The van der Waals surface area contributed by atoms with E-state index in [1.165, 1.54) is 6.92 Å². The molecule has 4 nitrogen and oxygen atoms in total. The number of rotatable bonds is 1. The Morgan fingerprint density at radius 1 is 1.16 bits per heavy atom. The molecule has 0 unspecified atom stereocenters. The van der Waals surface area contributed by atoms with Crippen LogP contribution in [0.2, 0.25) is 0 Å². The van der Waals surface area contributed by atoms with Gasteiger partial charge < -0.3 is 15.3 Å². The molecule has 0 heterocycles. The summed E-state index contributed by atoms with van der Waals surface area (Å²) in [6, 6.07) is 0. The first-order valence-corrected chi connectivity index (χ1v) is 9.64. The van der Waals surface area contributed by atoms with Crippen LogP contribution in [-0.4, -0.2) is 38.9 Å². The van der Waals surface area contributed by atoms with E-state index >= 15 is 0 Å². The van der Waals surface area contributed by atoms with Crippen molar-refractivity contribution in [2.24, 2.45) is 28.6 Å². The summed E-state index contributed by atoms with van der Waals surface area (Å²) in [4.78, 5) is 12.2. The quantitative estimate of drug-likeness (QED) is 0.637. The van der Waals surface area contributed by atoms with Gasteiger partial charge in [0.2, 0.25) is 0 Å². The molecule has 3 fully saturated rings. The van der Waals surface area contributed by atoms with Gasteiger partial charge in [0.05, 0.1) is 12.2 Å². The number of carbonyl (C=O) groups excluding carboxylic acids is 1. The predicted octanol–water partition coefficient (Wildman–Crippen LogP) is 2.38. The van der Waals surface area contributed by atoms with Crippen molar-refractivity contribution in [3.63, 3.8) is 0 Å². The van der Waals surface area contributed by atoms with Crippen LogP contribution < -0.4 is 0 Å². The number of fused-ring (bicyclic) bond motifs is 5. The zero-order valence-corrected chi connectivity index (χ0v) is 15.4. The summed E-state index contributed by atoms with van der Waals surface area (Å²) in [6.07, 6.45) is 8.39. The van der Waals surface area contributed by atoms with E-state index in [9.17, 15) is 20.1 Å². The van der Waals surface area contributed by atoms with Gasteiger partial charge in [0.25, 0.3) is 0 Å². The van der Waals surface area contributed by atoms with Gasteiger partial charge in [-0.05, 0) is 68.4 Å². The third-order valence-electron chi connectivity index (χ3n) is 8.41. The Hall–Kier alpha value is -0.970. The van der Waals surface area contributed by atoms with E-state index < -0.39 is 23.2 Å². The molecule has 25 heavy (non-hydrogen) atoms. The third kappa shape index (κ3) is 2.08. The Kier molecular flexibility index (Phi) is 3.68. The fourth-order valence-electron chi connectivity index (χ4n) is 6.96. The Morgan fingerprint density at radius 3 is 2.52 bits per heavy atom. The minimum atomic E-state index is -1.22. The van der Waals surface area contributed by atoms with Gasteiger partial charge in [-0.15, -0.1) is 0 Å². The number of hydrogen-bond donors (Lipinski definition) is 3. The third-order valence-corrected chi connectivity index (χ3v) is 8.41. The zero-order valence-electron chi connectivity index (χ0n) is 15.4. The average Bonchev–Trinajstić information content (AvgIpc) is 2.83. The SMILES string of the molecule is CC(=O)[C@@]1(O)CC[C@H]2[C@@H]3C[C@H](O)C4=C[C@H](O)C=C[C@]4(C)[C@H]3CC[C@@]21C. The highest BCUT2D eigenvalue weighted by atomic mass is 16.3. The van der Waals surface area contributed by atoms with Crippen LogP contribution in [0.4, 0.5) is 0 Å². The number of hydrogen-bond acceptors (Lipinski definition) is 4. The van der Waals surface area contributed by atoms with Crippen molar-refractivity contribution in [2.45, 2.75) is 70.7 Å². The minimum Gasteiger partial charge on any atom is -0.389 e. The lowest BCUT2D eigenvalue weighted by Gasteiger charge is -2.59. The lowest BCUT2D eigenvalue weighted by Crippen LogP contribution is -2.58. The van der Waals surface area contributed by atoms with Gasteiger partial charge in [0.1, 0.15) is 5.60 Å². The van der Waals surface area contributed by atoms with Crippen molar-refractivity contribution in [1.82, 2.24) is 0 Å². The van der Waals surface area contributed by atoms with Gasteiger partial charge in [0, 0.05) is 10.8 Å².